The summed E-state index contributed by atoms with van der Waals surface area (Å²) < 4.78 is 7.44. The minimum absolute atomic E-state index is 0.108. The molecule has 0 saturated heterocycles. The summed E-state index contributed by atoms with van der Waals surface area (Å²) >= 11 is 0. The largest absolute Gasteiger partial charge is 0.496 e. The Bertz CT molecular complexity index is 931. The Kier molecular flexibility index (Phi) is 6.66. The lowest BCUT2D eigenvalue weighted by Crippen LogP contribution is -2.28. The molecule has 6 heteroatoms. The number of anilines is 1. The normalized spacial score (nSPS) is 11.1. The Morgan fingerprint density at radius 2 is 1.82 bits per heavy atom. The summed E-state index contributed by atoms with van der Waals surface area (Å²) in [5.41, 5.74) is 2.77. The van der Waals surface area contributed by atoms with Crippen LogP contribution in [-0.4, -0.2) is 47.1 Å². The molecule has 0 fully saturated rings. The average molecular weight is 380 g/mol. The molecule has 148 valence electrons. The van der Waals surface area contributed by atoms with E-state index in [1.165, 1.54) is 0 Å². The molecular weight excluding hydrogens is 352 g/mol. The van der Waals surface area contributed by atoms with E-state index in [1.54, 1.807) is 7.11 Å². The number of nitrogens with one attached hydrogen (secondary N) is 1. The number of likely N-dealkylation sites (N-methyl/N-ethyl adjacent to an activating group) is 1. The van der Waals surface area contributed by atoms with E-state index in [0.29, 0.717) is 11.7 Å². The molecule has 6 nitrogen and oxygen atoms in total. The van der Waals surface area contributed by atoms with Gasteiger partial charge in [0.25, 0.3) is 0 Å². The van der Waals surface area contributed by atoms with Gasteiger partial charge in [0.1, 0.15) is 5.75 Å². The van der Waals surface area contributed by atoms with E-state index >= 15 is 0 Å². The maximum atomic E-state index is 12.7. The van der Waals surface area contributed by atoms with Crippen molar-refractivity contribution >= 4 is 22.9 Å². The van der Waals surface area contributed by atoms with Gasteiger partial charge in [-0.2, -0.15) is 0 Å². The maximum absolute atomic E-state index is 12.7. The number of carbonyl (C=O) groups is 1. The topological polar surface area (TPSA) is 59.4 Å². The maximum Gasteiger partial charge on any atom is 0.231 e. The highest BCUT2D eigenvalue weighted by Crippen LogP contribution is 2.21. The predicted molar refractivity (Wildman–Crippen MR) is 113 cm³/mol. The molecule has 28 heavy (non-hydrogen) atoms. The van der Waals surface area contributed by atoms with Crippen molar-refractivity contribution in [2.24, 2.45) is 0 Å². The lowest BCUT2D eigenvalue weighted by molar-refractivity contribution is -0.115. The number of nitrogens with zero attached hydrogens (tertiary/aromatic N) is 3. The molecule has 0 aliphatic rings. The van der Waals surface area contributed by atoms with Gasteiger partial charge in [-0.05, 0) is 31.3 Å². The number of imidazole rings is 1. The second kappa shape index (κ2) is 9.37. The van der Waals surface area contributed by atoms with Crippen LogP contribution < -0.4 is 10.1 Å². The number of ether oxygens (including phenoxy) is 1. The highest BCUT2D eigenvalue weighted by molar-refractivity contribution is 5.93. The quantitative estimate of drug-likeness (QED) is 0.617. The number of rotatable bonds is 9. The smallest absolute Gasteiger partial charge is 0.231 e. The molecule has 0 bridgehead atoms. The summed E-state index contributed by atoms with van der Waals surface area (Å²) in [4.78, 5) is 19.7. The molecule has 0 atom stereocenters. The fourth-order valence-electron chi connectivity index (χ4n) is 3.37. The first-order valence-corrected chi connectivity index (χ1v) is 9.75. The highest BCUT2D eigenvalue weighted by atomic mass is 16.5. The van der Waals surface area contributed by atoms with Crippen LogP contribution in [0.1, 0.15) is 19.4 Å². The molecule has 0 aliphatic carbocycles. The lowest BCUT2D eigenvalue weighted by atomic mass is 10.1. The first kappa shape index (κ1) is 19.9. The molecule has 3 rings (SSSR count). The molecular formula is C22H28N4O2. The van der Waals surface area contributed by atoms with Crippen molar-refractivity contribution < 1.29 is 9.53 Å². The molecule has 1 amide bonds. The van der Waals surface area contributed by atoms with Crippen molar-refractivity contribution in [2.75, 3.05) is 32.1 Å². The van der Waals surface area contributed by atoms with Gasteiger partial charge in [-0.3, -0.25) is 10.1 Å². The number of methoxy groups -OCH3 is 1. The third kappa shape index (κ3) is 4.51. The van der Waals surface area contributed by atoms with E-state index in [4.69, 9.17) is 4.74 Å². The number of hydrogen-bond donors (Lipinski definition) is 1. The summed E-state index contributed by atoms with van der Waals surface area (Å²) in [5.74, 6) is 1.20. The fourth-order valence-corrected chi connectivity index (χ4v) is 3.37. The van der Waals surface area contributed by atoms with Gasteiger partial charge in [0.05, 0.1) is 24.6 Å². The average Bonchev–Trinajstić information content (AvgIpc) is 3.06. The van der Waals surface area contributed by atoms with Gasteiger partial charge >= 0.3 is 0 Å². The van der Waals surface area contributed by atoms with E-state index in [1.807, 2.05) is 48.5 Å². The SMILES string of the molecule is CCN(CC)CCn1c(NC(=O)Cc2ccccc2OC)nc2ccccc21. The van der Waals surface area contributed by atoms with Crippen molar-refractivity contribution in [1.29, 1.82) is 0 Å². The van der Waals surface area contributed by atoms with Gasteiger partial charge in [0.2, 0.25) is 11.9 Å². The first-order chi connectivity index (χ1) is 13.7. The summed E-state index contributed by atoms with van der Waals surface area (Å²) in [6, 6.07) is 15.5. The Labute approximate surface area is 166 Å². The summed E-state index contributed by atoms with van der Waals surface area (Å²) in [6.07, 6.45) is 0.239. The predicted octanol–water partition coefficient (Wildman–Crippen LogP) is 3.57. The number of benzene rings is 2. The second-order valence-electron chi connectivity index (χ2n) is 6.64. The summed E-state index contributed by atoms with van der Waals surface area (Å²) in [6.45, 7) is 7.99. The molecule has 1 N–H and O–H groups in total. The number of hydrogen-bond acceptors (Lipinski definition) is 4. The van der Waals surface area contributed by atoms with Crippen LogP contribution in [0.25, 0.3) is 11.0 Å². The third-order valence-electron chi connectivity index (χ3n) is 4.98. The zero-order valence-electron chi connectivity index (χ0n) is 16.8. The molecule has 2 aromatic carbocycles. The van der Waals surface area contributed by atoms with Crippen molar-refractivity contribution in [3.05, 3.63) is 54.1 Å². The van der Waals surface area contributed by atoms with Crippen LogP contribution in [0.3, 0.4) is 0 Å². The van der Waals surface area contributed by atoms with Crippen LogP contribution in [0.4, 0.5) is 5.95 Å². The van der Waals surface area contributed by atoms with Crippen LogP contribution in [0, 0.1) is 0 Å². The van der Waals surface area contributed by atoms with E-state index in [9.17, 15) is 4.79 Å². The van der Waals surface area contributed by atoms with Gasteiger partial charge in [-0.25, -0.2) is 4.98 Å². The van der Waals surface area contributed by atoms with Crippen molar-refractivity contribution in [3.8, 4) is 5.75 Å². The number of aromatic nitrogens is 2. The standard InChI is InChI=1S/C22H28N4O2/c1-4-25(5-2)14-15-26-19-12-8-7-11-18(19)23-22(26)24-21(27)16-17-10-6-9-13-20(17)28-3/h6-13H,4-5,14-16H2,1-3H3,(H,23,24,27). The molecule has 0 spiro atoms. The van der Waals surface area contributed by atoms with Crippen molar-refractivity contribution in [1.82, 2.24) is 14.5 Å². The Balaban J connectivity index is 1.81. The molecule has 0 saturated carbocycles. The van der Waals surface area contributed by atoms with Crippen molar-refractivity contribution in [3.63, 3.8) is 0 Å². The van der Waals surface area contributed by atoms with Gasteiger partial charge in [0.15, 0.2) is 0 Å². The van der Waals surface area contributed by atoms with Gasteiger partial charge in [0, 0.05) is 18.7 Å². The van der Waals surface area contributed by atoms with Crippen molar-refractivity contribution in [2.45, 2.75) is 26.8 Å². The number of para-hydroxylation sites is 3. The van der Waals surface area contributed by atoms with Crippen LogP contribution in [-0.2, 0) is 17.8 Å². The van der Waals surface area contributed by atoms with Gasteiger partial charge < -0.3 is 14.2 Å². The molecule has 0 aliphatic heterocycles. The Morgan fingerprint density at radius 1 is 1.11 bits per heavy atom. The molecule has 1 heterocycles. The lowest BCUT2D eigenvalue weighted by Gasteiger charge is -2.19. The summed E-state index contributed by atoms with van der Waals surface area (Å²) in [7, 11) is 1.61. The second-order valence-corrected chi connectivity index (χ2v) is 6.64. The molecule has 3 aromatic rings. The summed E-state index contributed by atoms with van der Waals surface area (Å²) in [5, 5.41) is 3.00. The van der Waals surface area contributed by atoms with Gasteiger partial charge in [-0.1, -0.05) is 44.2 Å². The zero-order chi connectivity index (χ0) is 19.9. The minimum atomic E-state index is -0.108. The molecule has 1 aromatic heterocycles. The van der Waals surface area contributed by atoms with E-state index in [-0.39, 0.29) is 12.3 Å². The van der Waals surface area contributed by atoms with Crippen LogP contribution in [0.2, 0.25) is 0 Å². The Hall–Kier alpha value is -2.86. The van der Waals surface area contributed by atoms with Crippen LogP contribution >= 0.6 is 0 Å². The number of carbonyl (C=O) groups excluding carboxylic acids is 1. The van der Waals surface area contributed by atoms with E-state index in [0.717, 1.165) is 42.8 Å². The molecule has 0 unspecified atom stereocenters. The monoisotopic (exact) mass is 380 g/mol. The fraction of sp³-hybridized carbons (Fsp3) is 0.364. The molecule has 0 radical (unpaired) electrons. The third-order valence-corrected chi connectivity index (χ3v) is 4.98. The van der Waals surface area contributed by atoms with Crippen LogP contribution in [0.15, 0.2) is 48.5 Å². The van der Waals surface area contributed by atoms with E-state index < -0.39 is 0 Å². The highest BCUT2D eigenvalue weighted by Gasteiger charge is 2.15. The minimum Gasteiger partial charge on any atom is -0.496 e. The Morgan fingerprint density at radius 3 is 2.57 bits per heavy atom. The number of fused-ring (bicyclic) bond motifs is 1. The number of amides is 1. The van der Waals surface area contributed by atoms with Crippen LogP contribution in [0.5, 0.6) is 5.75 Å². The van der Waals surface area contributed by atoms with Gasteiger partial charge in [-0.15, -0.1) is 0 Å². The van der Waals surface area contributed by atoms with E-state index in [2.05, 4.69) is 33.6 Å². The first-order valence-electron chi connectivity index (χ1n) is 9.75. The zero-order valence-corrected chi connectivity index (χ0v) is 16.8.